The Morgan fingerprint density at radius 2 is 1.58 bits per heavy atom. The van der Waals surface area contributed by atoms with Crippen LogP contribution < -0.4 is 0 Å². The summed E-state index contributed by atoms with van der Waals surface area (Å²) in [7, 11) is 3.05. The van der Waals surface area contributed by atoms with E-state index in [9.17, 15) is 34.5 Å². The number of esters is 1. The van der Waals surface area contributed by atoms with E-state index in [2.05, 4.69) is 6.92 Å². The summed E-state index contributed by atoms with van der Waals surface area (Å²) >= 11 is 0. The van der Waals surface area contributed by atoms with Crippen molar-refractivity contribution in [3.8, 4) is 0 Å². The van der Waals surface area contributed by atoms with Crippen molar-refractivity contribution in [2.24, 2.45) is 35.5 Å². The van der Waals surface area contributed by atoms with Crippen molar-refractivity contribution >= 4 is 23.4 Å². The van der Waals surface area contributed by atoms with Gasteiger partial charge in [-0.15, -0.1) is 0 Å². The van der Waals surface area contributed by atoms with Gasteiger partial charge in [0.1, 0.15) is 24.4 Å². The first kappa shape index (κ1) is 54.6. The molecule has 1 saturated carbocycles. The Hall–Kier alpha value is -3.04. The van der Waals surface area contributed by atoms with E-state index >= 15 is 0 Å². The van der Waals surface area contributed by atoms with Gasteiger partial charge >= 0.3 is 5.97 Å². The number of aliphatic hydroxyl groups excluding tert-OH is 2. The SMILES string of the molecule is CCO[C@@H]1C[C@@H]2CC[C@@H](C)[C@@](O)(O2)C(=O)C(=O)N2CCCC[C@H]2C(=O)O[C@H]([C@H](C)C[C@@H]2CC[C@@H](O)[C@H](OC)C2)CC[C@H](C)C=C(C)[C@@H](O)[C@@H](OC)C(=O)[C@H](C)C[C@H](C)C=CC=CC=C1C. The summed E-state index contributed by atoms with van der Waals surface area (Å²) in [4.78, 5) is 57.9. The molecule has 3 aliphatic heterocycles. The highest BCUT2D eigenvalue weighted by atomic mass is 16.6. The number of hydrogen-bond acceptors (Lipinski definition) is 12. The first-order valence-electron chi connectivity index (χ1n) is 24.6. The first-order chi connectivity index (χ1) is 30.8. The van der Waals surface area contributed by atoms with Crippen LogP contribution in [-0.2, 0) is 42.9 Å². The van der Waals surface area contributed by atoms with Crippen molar-refractivity contribution in [1.82, 2.24) is 4.90 Å². The molecular weight excluding hydrogens is 831 g/mol. The Bertz CT molecular complexity index is 1690. The van der Waals surface area contributed by atoms with Crippen molar-refractivity contribution in [3.05, 3.63) is 47.6 Å². The number of allylic oxidation sites excluding steroid dienone is 6. The van der Waals surface area contributed by atoms with E-state index < -0.39 is 65.9 Å². The summed E-state index contributed by atoms with van der Waals surface area (Å²) in [5.41, 5.74) is 1.53. The lowest BCUT2D eigenvalue weighted by molar-refractivity contribution is -0.266. The minimum absolute atomic E-state index is 0.0673. The monoisotopic (exact) mass is 914 g/mol. The van der Waals surface area contributed by atoms with Crippen molar-refractivity contribution in [1.29, 1.82) is 0 Å². The number of ether oxygens (including phenoxy) is 5. The van der Waals surface area contributed by atoms with Crippen molar-refractivity contribution < 1.29 is 58.2 Å². The van der Waals surface area contributed by atoms with E-state index in [1.165, 1.54) is 12.0 Å². The zero-order chi connectivity index (χ0) is 48.0. The Kier molecular flexibility index (Phi) is 21.8. The highest BCUT2D eigenvalue weighted by Gasteiger charge is 2.53. The lowest BCUT2D eigenvalue weighted by Crippen LogP contribution is -2.61. The van der Waals surface area contributed by atoms with E-state index in [4.69, 9.17) is 23.7 Å². The van der Waals surface area contributed by atoms with Gasteiger partial charge in [-0.25, -0.2) is 4.79 Å². The zero-order valence-corrected chi connectivity index (χ0v) is 41.1. The molecule has 3 fully saturated rings. The molecule has 0 radical (unpaired) electrons. The topological polar surface area (TPSA) is 178 Å². The number of Topliss-reactive ketones (excluding diaryl/α,β-unsaturated/α-hetero) is 2. The van der Waals surface area contributed by atoms with Crippen molar-refractivity contribution in [2.45, 2.75) is 193 Å². The molecule has 1 aliphatic carbocycles. The normalized spacial score (nSPS) is 37.8. The van der Waals surface area contributed by atoms with Gasteiger partial charge in [-0.1, -0.05) is 71.1 Å². The fourth-order valence-corrected chi connectivity index (χ4v) is 10.4. The molecule has 0 aromatic heterocycles. The minimum Gasteiger partial charge on any atom is -0.461 e. The van der Waals surface area contributed by atoms with Crippen LogP contribution in [0.15, 0.2) is 47.6 Å². The van der Waals surface area contributed by atoms with Gasteiger partial charge in [0.15, 0.2) is 5.78 Å². The first-order valence-corrected chi connectivity index (χ1v) is 24.6. The molecule has 0 aromatic rings. The second kappa shape index (κ2) is 25.9. The van der Waals surface area contributed by atoms with Gasteiger partial charge in [0.25, 0.3) is 11.7 Å². The average molecular weight is 914 g/mol. The van der Waals surface area contributed by atoms with Crippen molar-refractivity contribution in [3.63, 3.8) is 0 Å². The van der Waals surface area contributed by atoms with E-state index in [0.717, 1.165) is 18.4 Å². The number of amides is 1. The predicted octanol–water partition coefficient (Wildman–Crippen LogP) is 7.39. The van der Waals surface area contributed by atoms with Gasteiger partial charge in [0, 0.05) is 45.6 Å². The van der Waals surface area contributed by atoms with Gasteiger partial charge in [0.2, 0.25) is 5.79 Å². The minimum atomic E-state index is -2.38. The van der Waals surface area contributed by atoms with Crippen LogP contribution in [0.25, 0.3) is 0 Å². The molecular formula is C52H83NO12. The molecule has 2 saturated heterocycles. The maximum Gasteiger partial charge on any atom is 0.329 e. The van der Waals surface area contributed by atoms with E-state index in [1.807, 2.05) is 71.1 Å². The highest BCUT2D eigenvalue weighted by molar-refractivity contribution is 6.39. The number of nitrogens with zero attached hydrogens (tertiary/aromatic N) is 1. The van der Waals surface area contributed by atoms with Gasteiger partial charge in [-0.2, -0.15) is 0 Å². The fraction of sp³-hybridized carbons (Fsp3) is 0.769. The molecule has 13 nitrogen and oxygen atoms in total. The van der Waals surface area contributed by atoms with Gasteiger partial charge in [-0.3, -0.25) is 14.4 Å². The second-order valence-electron chi connectivity index (χ2n) is 19.9. The Morgan fingerprint density at radius 1 is 0.846 bits per heavy atom. The molecule has 65 heavy (non-hydrogen) atoms. The quantitative estimate of drug-likeness (QED) is 0.131. The summed E-state index contributed by atoms with van der Waals surface area (Å²) < 4.78 is 30.0. The summed E-state index contributed by atoms with van der Waals surface area (Å²) in [5.74, 6) is -6.08. The molecule has 4 aliphatic rings. The van der Waals surface area contributed by atoms with E-state index in [1.54, 1.807) is 21.0 Å². The standard InChI is InChI=1S/C52H83NO12/c1-11-63-44-31-40-23-21-38(8)52(60,65-40)49(57)50(58)53-26-16-15-19-41(53)51(59)64-43(35(5)29-39-22-24-42(54)45(30-39)61-9)25-20-33(3)28-37(7)47(56)48(62-10)46(55)36(6)27-32(2)17-13-12-14-18-34(44)4/h12-14,17-18,28,32-33,35-36,38-45,47-48,54,56,60H,11,15-16,19-27,29-31H2,1-10H3/t32-,33+,35-,36-,38-,39+,40+,41+,42-,43+,44-,45-,47-,48+,52-/m1/s1. The summed E-state index contributed by atoms with van der Waals surface area (Å²) in [6.45, 7) is 15.9. The number of rotatable bonds is 7. The maximum absolute atomic E-state index is 14.4. The van der Waals surface area contributed by atoms with E-state index in [0.29, 0.717) is 82.8 Å². The van der Waals surface area contributed by atoms with Crippen LogP contribution in [0.2, 0.25) is 0 Å². The average Bonchev–Trinajstić information content (AvgIpc) is 3.28. The number of aliphatic hydroxyl groups is 3. The number of fused-ring (bicyclic) bond motifs is 3. The largest absolute Gasteiger partial charge is 0.461 e. The third kappa shape index (κ3) is 15.0. The van der Waals surface area contributed by atoms with Gasteiger partial charge in [-0.05, 0) is 133 Å². The van der Waals surface area contributed by atoms with Gasteiger partial charge in [0.05, 0.1) is 24.4 Å². The third-order valence-electron chi connectivity index (χ3n) is 14.6. The summed E-state index contributed by atoms with van der Waals surface area (Å²) in [6.07, 6.45) is 14.6. The third-order valence-corrected chi connectivity index (χ3v) is 14.6. The molecule has 0 aromatic carbocycles. The number of hydrogen-bond donors (Lipinski definition) is 3. The number of carbonyl (C=O) groups excluding carboxylic acids is 4. The van der Waals surface area contributed by atoms with Crippen LogP contribution >= 0.6 is 0 Å². The second-order valence-corrected chi connectivity index (χ2v) is 19.9. The maximum atomic E-state index is 14.4. The molecule has 0 unspecified atom stereocenters. The highest BCUT2D eigenvalue weighted by Crippen LogP contribution is 2.38. The molecule has 0 spiro atoms. The van der Waals surface area contributed by atoms with Gasteiger partial charge < -0.3 is 43.9 Å². The molecule has 4 rings (SSSR count). The lowest BCUT2D eigenvalue weighted by Gasteiger charge is -2.43. The summed E-state index contributed by atoms with van der Waals surface area (Å²) in [5, 5.41) is 34.0. The Balaban J connectivity index is 1.68. The smallest absolute Gasteiger partial charge is 0.329 e. The van der Waals surface area contributed by atoms with Crippen molar-refractivity contribution in [2.75, 3.05) is 27.4 Å². The molecule has 368 valence electrons. The van der Waals surface area contributed by atoms with Crippen LogP contribution in [-0.4, -0.2) is 126 Å². The molecule has 2 bridgehead atoms. The Labute approximate surface area is 389 Å². The van der Waals surface area contributed by atoms with Crippen LogP contribution in [0.3, 0.4) is 0 Å². The number of cyclic esters (lactones) is 1. The molecule has 1 amide bonds. The number of carbonyl (C=O) groups is 4. The number of methoxy groups -OCH3 is 2. The van der Waals surface area contributed by atoms with E-state index in [-0.39, 0.29) is 54.1 Å². The van der Waals surface area contributed by atoms with Crippen LogP contribution in [0.4, 0.5) is 0 Å². The predicted molar refractivity (Wildman–Crippen MR) is 249 cm³/mol. The molecule has 3 heterocycles. The van der Waals surface area contributed by atoms with Crippen LogP contribution in [0.5, 0.6) is 0 Å². The van der Waals surface area contributed by atoms with Crippen LogP contribution in [0.1, 0.15) is 139 Å². The number of piperidine rings is 1. The fourth-order valence-electron chi connectivity index (χ4n) is 10.4. The number of ketones is 2. The summed E-state index contributed by atoms with van der Waals surface area (Å²) in [6, 6.07) is -1.02. The lowest BCUT2D eigenvalue weighted by atomic mass is 9.78. The molecule has 15 atom stereocenters. The van der Waals surface area contributed by atoms with Crippen LogP contribution in [0, 0.1) is 35.5 Å². The Morgan fingerprint density at radius 3 is 2.28 bits per heavy atom. The molecule has 3 N–H and O–H groups in total. The zero-order valence-electron chi connectivity index (χ0n) is 41.1. The molecule has 13 heteroatoms.